The van der Waals surface area contributed by atoms with Crippen LogP contribution in [0.4, 0.5) is 5.69 Å². The summed E-state index contributed by atoms with van der Waals surface area (Å²) >= 11 is 6.20. The maximum absolute atomic E-state index is 12.8. The second-order valence-corrected chi connectivity index (χ2v) is 5.79. The molecule has 0 unspecified atom stereocenters. The molecule has 3 N–H and O–H groups in total. The smallest absolute Gasteiger partial charge is 0.274 e. The van der Waals surface area contributed by atoms with Crippen LogP contribution in [0.2, 0.25) is 5.02 Å². The fraction of sp³-hybridized carbons (Fsp3) is 0.167. The number of nitrogens with zero attached hydrogens (tertiary/aromatic N) is 1. The zero-order valence-corrected chi connectivity index (χ0v) is 13.6. The van der Waals surface area contributed by atoms with Crippen LogP contribution < -0.4 is 16.6 Å². The number of nitrogens with two attached hydrogens (primary N) is 1. The van der Waals surface area contributed by atoms with E-state index in [1.54, 1.807) is 17.7 Å². The lowest BCUT2D eigenvalue weighted by molar-refractivity contribution is 0.902. The molecule has 0 aliphatic heterocycles. The Balaban J connectivity index is 2.43. The molecule has 0 spiro atoms. The number of aryl methyl sites for hydroxylation is 1. The van der Waals surface area contributed by atoms with Crippen molar-refractivity contribution >= 4 is 28.2 Å². The zero-order chi connectivity index (χ0) is 16.4. The Kier molecular flexibility index (Phi) is 4.37. The van der Waals surface area contributed by atoms with E-state index in [0.29, 0.717) is 23.8 Å². The first-order valence-electron chi connectivity index (χ1n) is 7.45. The van der Waals surface area contributed by atoms with Crippen LogP contribution in [0.5, 0.6) is 0 Å². The van der Waals surface area contributed by atoms with E-state index in [-0.39, 0.29) is 5.56 Å². The number of pyridine rings is 1. The normalized spacial score (nSPS) is 10.9. The molecule has 1 aromatic heterocycles. The third kappa shape index (κ3) is 2.83. The average Bonchev–Trinajstić information content (AvgIpc) is 2.57. The summed E-state index contributed by atoms with van der Waals surface area (Å²) in [5.74, 6) is 0. The van der Waals surface area contributed by atoms with Crippen molar-refractivity contribution in [3.8, 4) is 11.1 Å². The van der Waals surface area contributed by atoms with Crippen molar-refractivity contribution in [1.82, 2.24) is 4.57 Å². The van der Waals surface area contributed by atoms with Crippen molar-refractivity contribution in [1.29, 1.82) is 0 Å². The third-order valence-electron chi connectivity index (χ3n) is 3.87. The van der Waals surface area contributed by atoms with E-state index in [2.05, 4.69) is 5.32 Å². The number of hydrogen-bond donors (Lipinski definition) is 2. The van der Waals surface area contributed by atoms with E-state index in [0.717, 1.165) is 22.0 Å². The van der Waals surface area contributed by atoms with Gasteiger partial charge in [-0.3, -0.25) is 4.79 Å². The summed E-state index contributed by atoms with van der Waals surface area (Å²) in [5.41, 5.74) is 8.75. The molecule has 23 heavy (non-hydrogen) atoms. The molecule has 0 saturated heterocycles. The first kappa shape index (κ1) is 15.6. The lowest BCUT2D eigenvalue weighted by atomic mass is 9.99. The summed E-state index contributed by atoms with van der Waals surface area (Å²) in [6.07, 6.45) is 0. The van der Waals surface area contributed by atoms with Crippen LogP contribution in [0.15, 0.2) is 53.3 Å². The van der Waals surface area contributed by atoms with Gasteiger partial charge in [0.25, 0.3) is 5.56 Å². The number of rotatable bonds is 4. The second-order valence-electron chi connectivity index (χ2n) is 5.36. The van der Waals surface area contributed by atoms with Gasteiger partial charge in [0.1, 0.15) is 5.69 Å². The summed E-state index contributed by atoms with van der Waals surface area (Å²) in [6.45, 7) is 0.978. The molecule has 5 heteroatoms. The molecule has 2 aromatic carbocycles. The highest BCUT2D eigenvalue weighted by Crippen LogP contribution is 2.34. The minimum atomic E-state index is -0.0767. The predicted octanol–water partition coefficient (Wildman–Crippen LogP) is 3.23. The zero-order valence-electron chi connectivity index (χ0n) is 12.8. The van der Waals surface area contributed by atoms with E-state index in [1.165, 1.54) is 0 Å². The standard InChI is InChI=1S/C18H18ClN3O/c1-22-15-8-7-13(19)11-14(15)16(12-5-3-2-4-6-12)17(18(22)23)21-10-9-20/h2-8,11,21H,9-10,20H2,1H3. The first-order chi connectivity index (χ1) is 11.1. The molecule has 0 fully saturated rings. The highest BCUT2D eigenvalue weighted by atomic mass is 35.5. The van der Waals surface area contributed by atoms with Gasteiger partial charge in [0.05, 0.1) is 5.52 Å². The molecule has 0 aliphatic carbocycles. The Bertz CT molecular complexity index is 904. The fourth-order valence-corrected chi connectivity index (χ4v) is 2.96. The molecule has 118 valence electrons. The Morgan fingerprint density at radius 1 is 1.17 bits per heavy atom. The maximum atomic E-state index is 12.8. The quantitative estimate of drug-likeness (QED) is 0.773. The van der Waals surface area contributed by atoms with Gasteiger partial charge < -0.3 is 15.6 Å². The highest BCUT2D eigenvalue weighted by Gasteiger charge is 2.16. The minimum absolute atomic E-state index is 0.0767. The molecule has 0 saturated carbocycles. The number of nitrogens with one attached hydrogen (secondary N) is 1. The summed E-state index contributed by atoms with van der Waals surface area (Å²) < 4.78 is 1.64. The topological polar surface area (TPSA) is 60.0 Å². The molecule has 1 heterocycles. The summed E-state index contributed by atoms with van der Waals surface area (Å²) in [6, 6.07) is 15.4. The molecule has 0 amide bonds. The predicted molar refractivity (Wildman–Crippen MR) is 97.2 cm³/mol. The Morgan fingerprint density at radius 2 is 1.91 bits per heavy atom. The molecule has 4 nitrogen and oxygen atoms in total. The molecule has 0 radical (unpaired) electrons. The molecular formula is C18H18ClN3O. The van der Waals surface area contributed by atoms with Crippen LogP contribution in [0.1, 0.15) is 0 Å². The molecule has 0 aliphatic rings. The maximum Gasteiger partial charge on any atom is 0.274 e. The monoisotopic (exact) mass is 327 g/mol. The van der Waals surface area contributed by atoms with Crippen molar-refractivity contribution in [2.75, 3.05) is 18.4 Å². The van der Waals surface area contributed by atoms with Crippen LogP contribution >= 0.6 is 11.6 Å². The van der Waals surface area contributed by atoms with Crippen LogP contribution in [0.3, 0.4) is 0 Å². The van der Waals surface area contributed by atoms with Gasteiger partial charge in [-0.25, -0.2) is 0 Å². The van der Waals surface area contributed by atoms with Crippen LogP contribution in [0, 0.1) is 0 Å². The van der Waals surface area contributed by atoms with Gasteiger partial charge >= 0.3 is 0 Å². The van der Waals surface area contributed by atoms with Crippen molar-refractivity contribution < 1.29 is 0 Å². The number of halogens is 1. The molecule has 3 aromatic rings. The Labute approximate surface area is 139 Å². The number of anilines is 1. The Morgan fingerprint density at radius 3 is 2.61 bits per heavy atom. The van der Waals surface area contributed by atoms with Gasteiger partial charge in [-0.2, -0.15) is 0 Å². The average molecular weight is 328 g/mol. The fourth-order valence-electron chi connectivity index (χ4n) is 2.79. The minimum Gasteiger partial charge on any atom is -0.379 e. The number of benzene rings is 2. The summed E-state index contributed by atoms with van der Waals surface area (Å²) in [7, 11) is 1.76. The first-order valence-corrected chi connectivity index (χ1v) is 7.83. The van der Waals surface area contributed by atoms with Crippen molar-refractivity contribution in [2.24, 2.45) is 12.8 Å². The SMILES string of the molecule is Cn1c(=O)c(NCCN)c(-c2ccccc2)c2cc(Cl)ccc21. The van der Waals surface area contributed by atoms with E-state index in [9.17, 15) is 4.79 Å². The van der Waals surface area contributed by atoms with E-state index in [4.69, 9.17) is 17.3 Å². The van der Waals surface area contributed by atoms with Gasteiger partial charge in [0.2, 0.25) is 0 Å². The lowest BCUT2D eigenvalue weighted by Crippen LogP contribution is -2.25. The highest BCUT2D eigenvalue weighted by molar-refractivity contribution is 6.31. The van der Waals surface area contributed by atoms with E-state index in [1.807, 2.05) is 42.5 Å². The van der Waals surface area contributed by atoms with Crippen molar-refractivity contribution in [2.45, 2.75) is 0 Å². The Hall–Kier alpha value is -2.30. The van der Waals surface area contributed by atoms with Gasteiger partial charge in [-0.15, -0.1) is 0 Å². The van der Waals surface area contributed by atoms with Gasteiger partial charge in [-0.05, 0) is 23.8 Å². The second kappa shape index (κ2) is 6.44. The molecule has 3 rings (SSSR count). The van der Waals surface area contributed by atoms with E-state index < -0.39 is 0 Å². The van der Waals surface area contributed by atoms with Crippen LogP contribution in [-0.2, 0) is 7.05 Å². The lowest BCUT2D eigenvalue weighted by Gasteiger charge is -2.17. The third-order valence-corrected chi connectivity index (χ3v) is 4.10. The van der Waals surface area contributed by atoms with Gasteiger partial charge in [-0.1, -0.05) is 41.9 Å². The van der Waals surface area contributed by atoms with E-state index >= 15 is 0 Å². The largest absolute Gasteiger partial charge is 0.379 e. The molecule has 0 atom stereocenters. The van der Waals surface area contributed by atoms with Gasteiger partial charge in [0.15, 0.2) is 0 Å². The molecule has 0 bridgehead atoms. The summed E-state index contributed by atoms with van der Waals surface area (Å²) in [4.78, 5) is 12.8. The molecular weight excluding hydrogens is 310 g/mol. The number of aromatic nitrogens is 1. The summed E-state index contributed by atoms with van der Waals surface area (Å²) in [5, 5.41) is 4.75. The van der Waals surface area contributed by atoms with Gasteiger partial charge in [0, 0.05) is 36.1 Å². The van der Waals surface area contributed by atoms with Crippen LogP contribution in [0.25, 0.3) is 22.0 Å². The number of hydrogen-bond acceptors (Lipinski definition) is 3. The number of fused-ring (bicyclic) bond motifs is 1. The van der Waals surface area contributed by atoms with Crippen LogP contribution in [-0.4, -0.2) is 17.7 Å². The van der Waals surface area contributed by atoms with Crippen molar-refractivity contribution in [3.05, 3.63) is 63.9 Å². The van der Waals surface area contributed by atoms with Crippen molar-refractivity contribution in [3.63, 3.8) is 0 Å².